The van der Waals surface area contributed by atoms with Gasteiger partial charge in [-0.05, 0) is 32.1 Å². The van der Waals surface area contributed by atoms with E-state index in [1.54, 1.807) is 6.08 Å². The molecule has 0 aromatic carbocycles. The van der Waals surface area contributed by atoms with Gasteiger partial charge in [0.1, 0.15) is 0 Å². The fourth-order valence-corrected chi connectivity index (χ4v) is 7.49. The van der Waals surface area contributed by atoms with Crippen LogP contribution in [0.15, 0.2) is 24.3 Å². The van der Waals surface area contributed by atoms with E-state index in [0.29, 0.717) is 6.42 Å². The highest BCUT2D eigenvalue weighted by Gasteiger charge is 2.17. The molecule has 0 heterocycles. The van der Waals surface area contributed by atoms with Gasteiger partial charge in [-0.1, -0.05) is 250 Å². The maximum atomic E-state index is 12.4. The minimum Gasteiger partial charge on any atom is -0.394 e. The first-order chi connectivity index (χ1) is 26.2. The quantitative estimate of drug-likeness (QED) is 0.0430. The second kappa shape index (κ2) is 45.3. The lowest BCUT2D eigenvalue weighted by atomic mass is 10.0. The minimum absolute atomic E-state index is 0.0695. The largest absolute Gasteiger partial charge is 0.394 e. The Morgan fingerprint density at radius 1 is 0.434 bits per heavy atom. The van der Waals surface area contributed by atoms with Crippen molar-refractivity contribution >= 4 is 5.91 Å². The maximum Gasteiger partial charge on any atom is 0.220 e. The molecule has 2 atom stereocenters. The van der Waals surface area contributed by atoms with Crippen LogP contribution in [0.5, 0.6) is 0 Å². The van der Waals surface area contributed by atoms with Crippen LogP contribution in [0.1, 0.15) is 264 Å². The van der Waals surface area contributed by atoms with E-state index in [-0.39, 0.29) is 12.5 Å². The molecule has 2 unspecified atom stereocenters. The van der Waals surface area contributed by atoms with Gasteiger partial charge in [0.05, 0.1) is 18.8 Å². The van der Waals surface area contributed by atoms with Crippen molar-refractivity contribution in [2.45, 2.75) is 276 Å². The lowest BCUT2D eigenvalue weighted by Gasteiger charge is -2.19. The van der Waals surface area contributed by atoms with E-state index in [9.17, 15) is 15.0 Å². The molecule has 0 spiro atoms. The van der Waals surface area contributed by atoms with Crippen molar-refractivity contribution in [1.82, 2.24) is 5.32 Å². The number of carbonyl (C=O) groups is 1. The first-order valence-electron chi connectivity index (χ1n) is 24.1. The molecule has 4 nitrogen and oxygen atoms in total. The van der Waals surface area contributed by atoms with Crippen LogP contribution in [0.3, 0.4) is 0 Å². The molecule has 1 amide bonds. The molecule has 53 heavy (non-hydrogen) atoms. The topological polar surface area (TPSA) is 69.6 Å². The molecule has 0 bridgehead atoms. The van der Waals surface area contributed by atoms with Crippen LogP contribution in [0.2, 0.25) is 0 Å². The van der Waals surface area contributed by atoms with E-state index in [2.05, 4.69) is 31.3 Å². The number of hydrogen-bond donors (Lipinski definition) is 3. The Hall–Kier alpha value is -1.13. The number of nitrogens with one attached hydrogen (secondary N) is 1. The smallest absolute Gasteiger partial charge is 0.220 e. The second-order valence-electron chi connectivity index (χ2n) is 16.5. The zero-order chi connectivity index (χ0) is 38.6. The molecule has 0 aromatic rings. The van der Waals surface area contributed by atoms with Crippen molar-refractivity contribution in [3.63, 3.8) is 0 Å². The summed E-state index contributed by atoms with van der Waals surface area (Å²) in [6.45, 7) is 4.32. The number of hydrogen-bond acceptors (Lipinski definition) is 3. The van der Waals surface area contributed by atoms with Crippen molar-refractivity contribution in [3.05, 3.63) is 24.3 Å². The Morgan fingerprint density at radius 2 is 0.736 bits per heavy atom. The third-order valence-electron chi connectivity index (χ3n) is 11.2. The predicted octanol–water partition coefficient (Wildman–Crippen LogP) is 15.2. The third kappa shape index (κ3) is 41.9. The summed E-state index contributed by atoms with van der Waals surface area (Å²) in [5.41, 5.74) is 0. The van der Waals surface area contributed by atoms with E-state index >= 15 is 0 Å². The Morgan fingerprint density at radius 3 is 1.09 bits per heavy atom. The van der Waals surface area contributed by atoms with Crippen LogP contribution >= 0.6 is 0 Å². The van der Waals surface area contributed by atoms with Crippen LogP contribution in [-0.2, 0) is 4.79 Å². The van der Waals surface area contributed by atoms with E-state index in [1.165, 1.54) is 212 Å². The van der Waals surface area contributed by atoms with Gasteiger partial charge in [0.25, 0.3) is 0 Å². The van der Waals surface area contributed by atoms with Crippen molar-refractivity contribution in [2.75, 3.05) is 6.61 Å². The molecule has 0 aliphatic rings. The fraction of sp³-hybridized carbons (Fsp3) is 0.898. The number of carbonyl (C=O) groups excluding carboxylic acids is 1. The standard InChI is InChI=1S/C49H95NO3/c1-3-5-7-9-11-13-15-17-19-21-22-23-24-25-26-27-29-30-32-34-36-38-40-42-44-48(52)47(46-51)50-49(53)45-43-41-39-37-35-33-31-28-20-18-16-14-12-10-8-6-4-2/h34,36,42,44,47-48,51-52H,3-33,35,37-41,43,45-46H2,1-2H3,(H,50,53)/b36-34+,44-42+. The van der Waals surface area contributed by atoms with Crippen LogP contribution in [0, 0.1) is 0 Å². The second-order valence-corrected chi connectivity index (χ2v) is 16.5. The average Bonchev–Trinajstić information content (AvgIpc) is 3.16. The summed E-state index contributed by atoms with van der Waals surface area (Å²) in [5, 5.41) is 23.0. The van der Waals surface area contributed by atoms with Gasteiger partial charge in [-0.3, -0.25) is 4.79 Å². The summed E-state index contributed by atoms with van der Waals surface area (Å²) in [6, 6.07) is -0.635. The molecule has 0 aliphatic carbocycles. The minimum atomic E-state index is -0.858. The number of aliphatic hydroxyl groups is 2. The molecule has 0 aromatic heterocycles. The van der Waals surface area contributed by atoms with Crippen molar-refractivity contribution in [2.24, 2.45) is 0 Å². The Kier molecular flexibility index (Phi) is 44.3. The Bertz CT molecular complexity index is 765. The summed E-state index contributed by atoms with van der Waals surface area (Å²) in [7, 11) is 0. The van der Waals surface area contributed by atoms with Gasteiger partial charge in [0.2, 0.25) is 5.91 Å². The monoisotopic (exact) mass is 746 g/mol. The molecule has 0 radical (unpaired) electrons. The van der Waals surface area contributed by atoms with Crippen molar-refractivity contribution < 1.29 is 15.0 Å². The van der Waals surface area contributed by atoms with Crippen molar-refractivity contribution in [1.29, 1.82) is 0 Å². The molecule has 0 aliphatic heterocycles. The lowest BCUT2D eigenvalue weighted by molar-refractivity contribution is -0.123. The predicted molar refractivity (Wildman–Crippen MR) is 235 cm³/mol. The van der Waals surface area contributed by atoms with E-state index in [1.807, 2.05) is 6.08 Å². The van der Waals surface area contributed by atoms with Crippen LogP contribution in [0.4, 0.5) is 0 Å². The lowest BCUT2D eigenvalue weighted by Crippen LogP contribution is -2.45. The zero-order valence-electron chi connectivity index (χ0n) is 36.1. The first-order valence-corrected chi connectivity index (χ1v) is 24.1. The number of amides is 1. The summed E-state index contributed by atoms with van der Waals surface area (Å²) < 4.78 is 0. The number of aliphatic hydroxyl groups excluding tert-OH is 2. The fourth-order valence-electron chi connectivity index (χ4n) is 7.49. The summed E-state index contributed by atoms with van der Waals surface area (Å²) in [6.07, 6.45) is 58.8. The Balaban J connectivity index is 3.54. The molecule has 0 rings (SSSR count). The number of rotatable bonds is 44. The molecule has 314 valence electrons. The highest BCUT2D eigenvalue weighted by Crippen LogP contribution is 2.16. The van der Waals surface area contributed by atoms with Gasteiger partial charge in [-0.25, -0.2) is 0 Å². The maximum absolute atomic E-state index is 12.4. The molecule has 0 fully saturated rings. The third-order valence-corrected chi connectivity index (χ3v) is 11.2. The van der Waals surface area contributed by atoms with Crippen LogP contribution in [0.25, 0.3) is 0 Å². The van der Waals surface area contributed by atoms with Gasteiger partial charge >= 0.3 is 0 Å². The Labute approximate surface area is 332 Å². The average molecular weight is 746 g/mol. The van der Waals surface area contributed by atoms with Gasteiger partial charge in [0.15, 0.2) is 0 Å². The van der Waals surface area contributed by atoms with E-state index in [4.69, 9.17) is 0 Å². The molecule has 4 heteroatoms. The van der Waals surface area contributed by atoms with Crippen LogP contribution < -0.4 is 5.32 Å². The summed E-state index contributed by atoms with van der Waals surface area (Å²) in [5.74, 6) is -0.0695. The molecule has 3 N–H and O–H groups in total. The number of allylic oxidation sites excluding steroid dienone is 3. The van der Waals surface area contributed by atoms with E-state index < -0.39 is 12.1 Å². The zero-order valence-corrected chi connectivity index (χ0v) is 36.1. The SMILES string of the molecule is CCCCCCCCCCCCCCCCCCCC/C=C/CC/C=C/C(O)C(CO)NC(=O)CCCCCCCCCCCCCCCCCCC. The van der Waals surface area contributed by atoms with Gasteiger partial charge in [-0.15, -0.1) is 0 Å². The van der Waals surface area contributed by atoms with Crippen LogP contribution in [-0.4, -0.2) is 34.9 Å². The number of unbranched alkanes of at least 4 members (excludes halogenated alkanes) is 35. The summed E-state index contributed by atoms with van der Waals surface area (Å²) in [4.78, 5) is 12.4. The van der Waals surface area contributed by atoms with Crippen molar-refractivity contribution in [3.8, 4) is 0 Å². The van der Waals surface area contributed by atoms with Gasteiger partial charge < -0.3 is 15.5 Å². The van der Waals surface area contributed by atoms with Gasteiger partial charge in [0, 0.05) is 6.42 Å². The first kappa shape index (κ1) is 51.9. The highest BCUT2D eigenvalue weighted by molar-refractivity contribution is 5.76. The molecular weight excluding hydrogens is 651 g/mol. The molecule has 0 saturated heterocycles. The van der Waals surface area contributed by atoms with Gasteiger partial charge in [-0.2, -0.15) is 0 Å². The molecule has 0 saturated carbocycles. The van der Waals surface area contributed by atoms with E-state index in [0.717, 1.165) is 32.1 Å². The normalized spacial score (nSPS) is 13.1. The summed E-state index contributed by atoms with van der Waals surface area (Å²) >= 11 is 0. The highest BCUT2D eigenvalue weighted by atomic mass is 16.3. The molecular formula is C49H95NO3.